The Kier molecular flexibility index (Phi) is 5.75. The Morgan fingerprint density at radius 1 is 1.14 bits per heavy atom. The Morgan fingerprint density at radius 2 is 1.73 bits per heavy atom. The van der Waals surface area contributed by atoms with Gasteiger partial charge < -0.3 is 10.2 Å². The minimum Gasteiger partial charge on any atom is -0.338 e. The summed E-state index contributed by atoms with van der Waals surface area (Å²) in [6.45, 7) is 2.16. The molecule has 0 aromatic heterocycles. The molecule has 1 aliphatic heterocycles. The zero-order valence-corrected chi connectivity index (χ0v) is 13.2. The maximum Gasteiger partial charge on any atom is 0.259 e. The third-order valence-corrected chi connectivity index (χ3v) is 4.35. The first-order valence-electron chi connectivity index (χ1n) is 7.62. The van der Waals surface area contributed by atoms with E-state index in [2.05, 4.69) is 5.32 Å². The van der Waals surface area contributed by atoms with E-state index >= 15 is 0 Å². The summed E-state index contributed by atoms with van der Waals surface area (Å²) in [6.07, 6.45) is 4.32. The number of nitrogens with one attached hydrogen (secondary N) is 1. The fraction of sp³-hybridized carbons (Fsp3) is 0.562. The van der Waals surface area contributed by atoms with E-state index in [1.54, 1.807) is 4.90 Å². The Hall–Kier alpha value is -1.20. The van der Waals surface area contributed by atoms with E-state index < -0.39 is 23.1 Å². The molecular formula is C16H21ClF2N2O. The summed E-state index contributed by atoms with van der Waals surface area (Å²) in [5.41, 5.74) is -0.429. The topological polar surface area (TPSA) is 32.3 Å². The van der Waals surface area contributed by atoms with Gasteiger partial charge in [0.15, 0.2) is 0 Å². The van der Waals surface area contributed by atoms with Gasteiger partial charge in [0.2, 0.25) is 0 Å². The van der Waals surface area contributed by atoms with E-state index in [0.717, 1.165) is 37.4 Å². The number of rotatable bonds is 4. The quantitative estimate of drug-likeness (QED) is 0.920. The highest BCUT2D eigenvalue weighted by atomic mass is 35.5. The number of amides is 1. The Labute approximate surface area is 135 Å². The average molecular weight is 331 g/mol. The van der Waals surface area contributed by atoms with Crippen LogP contribution >= 0.6 is 12.4 Å². The average Bonchev–Trinajstić information content (AvgIpc) is 3.29. The van der Waals surface area contributed by atoms with Crippen molar-refractivity contribution in [2.45, 2.75) is 31.7 Å². The monoisotopic (exact) mass is 330 g/mol. The number of benzene rings is 1. The molecule has 3 nitrogen and oxygen atoms in total. The highest BCUT2D eigenvalue weighted by Gasteiger charge is 2.28. The van der Waals surface area contributed by atoms with E-state index in [9.17, 15) is 13.6 Å². The van der Waals surface area contributed by atoms with Crippen LogP contribution in [0.2, 0.25) is 0 Å². The summed E-state index contributed by atoms with van der Waals surface area (Å²) < 4.78 is 27.3. The molecule has 0 bridgehead atoms. The molecule has 122 valence electrons. The smallest absolute Gasteiger partial charge is 0.259 e. The van der Waals surface area contributed by atoms with Crippen molar-refractivity contribution in [2.24, 2.45) is 5.92 Å². The third kappa shape index (κ3) is 3.96. The van der Waals surface area contributed by atoms with Crippen molar-refractivity contribution in [3.63, 3.8) is 0 Å². The van der Waals surface area contributed by atoms with Crippen molar-refractivity contribution in [2.75, 3.05) is 19.6 Å². The number of hydrogen-bond acceptors (Lipinski definition) is 2. The second-order valence-corrected chi connectivity index (χ2v) is 6.01. The minimum absolute atomic E-state index is 0. The van der Waals surface area contributed by atoms with E-state index in [1.165, 1.54) is 18.9 Å². The number of piperidine rings is 1. The summed E-state index contributed by atoms with van der Waals surface area (Å²) in [7, 11) is 0. The predicted octanol–water partition coefficient (Wildman–Crippen LogP) is 2.99. The zero-order chi connectivity index (χ0) is 14.8. The highest BCUT2D eigenvalue weighted by Crippen LogP contribution is 2.28. The van der Waals surface area contributed by atoms with Gasteiger partial charge in [-0.3, -0.25) is 4.79 Å². The lowest BCUT2D eigenvalue weighted by atomic mass is 10.0. The molecule has 2 fully saturated rings. The Bertz CT molecular complexity index is 509. The largest absolute Gasteiger partial charge is 0.338 e. The molecule has 3 rings (SSSR count). The van der Waals surface area contributed by atoms with E-state index in [-0.39, 0.29) is 12.4 Å². The van der Waals surface area contributed by atoms with Gasteiger partial charge in [-0.05, 0) is 50.3 Å². The van der Waals surface area contributed by atoms with Crippen LogP contribution in [-0.2, 0) is 0 Å². The predicted molar refractivity (Wildman–Crippen MR) is 83.3 cm³/mol. The molecular weight excluding hydrogens is 310 g/mol. The Balaban J connectivity index is 0.00000176. The van der Waals surface area contributed by atoms with Crippen LogP contribution in [0.4, 0.5) is 8.78 Å². The van der Waals surface area contributed by atoms with Crippen molar-refractivity contribution < 1.29 is 13.6 Å². The van der Waals surface area contributed by atoms with Gasteiger partial charge in [0.05, 0.1) is 0 Å². The molecule has 1 aliphatic carbocycles. The molecule has 1 heterocycles. The van der Waals surface area contributed by atoms with E-state index in [1.807, 2.05) is 0 Å². The first kappa shape index (κ1) is 17.2. The molecule has 2 aliphatic rings. The molecule has 0 radical (unpaired) electrons. The number of halogens is 3. The SMILES string of the molecule is Cl.O=C(c1c(F)cccc1F)N1CCC(NCC2CC2)CC1. The zero-order valence-electron chi connectivity index (χ0n) is 12.4. The summed E-state index contributed by atoms with van der Waals surface area (Å²) in [5.74, 6) is -1.27. The van der Waals surface area contributed by atoms with Crippen molar-refractivity contribution in [1.82, 2.24) is 10.2 Å². The molecule has 1 N–H and O–H groups in total. The van der Waals surface area contributed by atoms with Crippen molar-refractivity contribution in [1.29, 1.82) is 0 Å². The van der Waals surface area contributed by atoms with Crippen molar-refractivity contribution >= 4 is 18.3 Å². The maximum absolute atomic E-state index is 13.6. The van der Waals surface area contributed by atoms with Gasteiger partial charge in [0, 0.05) is 19.1 Å². The minimum atomic E-state index is -0.783. The van der Waals surface area contributed by atoms with Gasteiger partial charge in [-0.25, -0.2) is 8.78 Å². The van der Waals surface area contributed by atoms with E-state index in [0.29, 0.717) is 19.1 Å². The van der Waals surface area contributed by atoms with Gasteiger partial charge in [-0.1, -0.05) is 6.07 Å². The van der Waals surface area contributed by atoms with Crippen LogP contribution in [0.3, 0.4) is 0 Å². The second kappa shape index (κ2) is 7.38. The number of carbonyl (C=O) groups is 1. The van der Waals surface area contributed by atoms with Gasteiger partial charge in [0.1, 0.15) is 17.2 Å². The molecule has 6 heteroatoms. The number of likely N-dealkylation sites (tertiary alicyclic amines) is 1. The number of carbonyl (C=O) groups excluding carboxylic acids is 1. The van der Waals surface area contributed by atoms with Gasteiger partial charge in [0.25, 0.3) is 5.91 Å². The summed E-state index contributed by atoms with van der Waals surface area (Å²) >= 11 is 0. The summed E-state index contributed by atoms with van der Waals surface area (Å²) in [6, 6.07) is 3.94. The first-order chi connectivity index (χ1) is 10.1. The fourth-order valence-corrected chi connectivity index (χ4v) is 2.80. The van der Waals surface area contributed by atoms with E-state index in [4.69, 9.17) is 0 Å². The van der Waals surface area contributed by atoms with Gasteiger partial charge >= 0.3 is 0 Å². The summed E-state index contributed by atoms with van der Waals surface area (Å²) in [5, 5.41) is 3.52. The summed E-state index contributed by atoms with van der Waals surface area (Å²) in [4.78, 5) is 13.8. The third-order valence-electron chi connectivity index (χ3n) is 4.35. The van der Waals surface area contributed by atoms with Crippen LogP contribution in [-0.4, -0.2) is 36.5 Å². The normalized spacial score (nSPS) is 18.9. The second-order valence-electron chi connectivity index (χ2n) is 6.01. The molecule has 1 saturated carbocycles. The number of nitrogens with zero attached hydrogens (tertiary/aromatic N) is 1. The standard InChI is InChI=1S/C16H20F2N2O.ClH/c17-13-2-1-3-14(18)15(13)16(21)20-8-6-12(7-9-20)19-10-11-4-5-11;/h1-3,11-12,19H,4-10H2;1H. The fourth-order valence-electron chi connectivity index (χ4n) is 2.80. The van der Waals surface area contributed by atoms with Crippen LogP contribution in [0.25, 0.3) is 0 Å². The molecule has 1 aromatic carbocycles. The molecule has 22 heavy (non-hydrogen) atoms. The molecule has 0 spiro atoms. The lowest BCUT2D eigenvalue weighted by Gasteiger charge is -2.32. The maximum atomic E-state index is 13.6. The van der Waals surface area contributed by atoms with Crippen LogP contribution in [0.15, 0.2) is 18.2 Å². The lowest BCUT2D eigenvalue weighted by Crippen LogP contribution is -2.45. The van der Waals surface area contributed by atoms with Crippen LogP contribution in [0.5, 0.6) is 0 Å². The van der Waals surface area contributed by atoms with Crippen molar-refractivity contribution in [3.8, 4) is 0 Å². The molecule has 0 unspecified atom stereocenters. The highest BCUT2D eigenvalue weighted by molar-refractivity contribution is 5.94. The molecule has 1 amide bonds. The van der Waals surface area contributed by atoms with Crippen LogP contribution in [0, 0.1) is 17.6 Å². The number of hydrogen-bond donors (Lipinski definition) is 1. The molecule has 1 aromatic rings. The van der Waals surface area contributed by atoms with Crippen LogP contribution in [0.1, 0.15) is 36.0 Å². The Morgan fingerprint density at radius 3 is 2.27 bits per heavy atom. The van der Waals surface area contributed by atoms with Crippen molar-refractivity contribution in [3.05, 3.63) is 35.4 Å². The molecule has 1 saturated heterocycles. The van der Waals surface area contributed by atoms with Crippen LogP contribution < -0.4 is 5.32 Å². The van der Waals surface area contributed by atoms with Gasteiger partial charge in [-0.2, -0.15) is 0 Å². The lowest BCUT2D eigenvalue weighted by molar-refractivity contribution is 0.0695. The first-order valence-corrected chi connectivity index (χ1v) is 7.62. The van der Waals surface area contributed by atoms with Gasteiger partial charge in [-0.15, -0.1) is 12.4 Å². The molecule has 0 atom stereocenters.